The van der Waals surface area contributed by atoms with Crippen LogP contribution in [0.3, 0.4) is 0 Å². The van der Waals surface area contributed by atoms with Crippen molar-refractivity contribution < 1.29 is 18.4 Å². The molecule has 0 saturated heterocycles. The second-order valence-electron chi connectivity index (χ2n) is 6.65. The van der Waals surface area contributed by atoms with Crippen LogP contribution in [0.15, 0.2) is 39.3 Å². The molecule has 7 nitrogen and oxygen atoms in total. The van der Waals surface area contributed by atoms with Gasteiger partial charge in [-0.25, -0.2) is 9.78 Å². The number of aryl methyl sites for hydroxylation is 1. The van der Waals surface area contributed by atoms with E-state index in [0.717, 1.165) is 5.76 Å². The number of carbonyl (C=O) groups excluding carboxylic acids is 1. The van der Waals surface area contributed by atoms with Crippen molar-refractivity contribution in [1.82, 2.24) is 15.2 Å². The molecule has 0 bridgehead atoms. The second kappa shape index (κ2) is 6.51. The van der Waals surface area contributed by atoms with Gasteiger partial charge in [0.1, 0.15) is 5.76 Å². The van der Waals surface area contributed by atoms with Crippen LogP contribution in [0.1, 0.15) is 48.7 Å². The number of benzene rings is 1. The normalized spacial score (nSPS) is 11.5. The Balaban J connectivity index is 1.68. The molecule has 0 aliphatic heterocycles. The molecule has 0 spiro atoms. The molecule has 2 aromatic heterocycles. The molecule has 0 unspecified atom stereocenters. The number of carbonyl (C=O) groups is 1. The lowest BCUT2D eigenvalue weighted by Gasteiger charge is -2.13. The number of nitrogens with zero attached hydrogens (tertiary/aromatic N) is 3. The zero-order chi connectivity index (χ0) is 18.0. The molecule has 25 heavy (non-hydrogen) atoms. The third-order valence-corrected chi connectivity index (χ3v) is 3.49. The molecule has 0 saturated carbocycles. The van der Waals surface area contributed by atoms with E-state index in [1.54, 1.807) is 37.4 Å². The van der Waals surface area contributed by atoms with Gasteiger partial charge in [-0.05, 0) is 18.2 Å². The van der Waals surface area contributed by atoms with E-state index in [0.29, 0.717) is 28.8 Å². The average Bonchev–Trinajstić information content (AvgIpc) is 3.21. The van der Waals surface area contributed by atoms with Gasteiger partial charge in [-0.2, -0.15) is 0 Å². The predicted octanol–water partition coefficient (Wildman–Crippen LogP) is 3.69. The van der Waals surface area contributed by atoms with Crippen molar-refractivity contribution in [2.45, 2.75) is 39.7 Å². The first kappa shape index (κ1) is 16.9. The van der Waals surface area contributed by atoms with E-state index in [2.05, 4.69) is 15.2 Å². The first-order chi connectivity index (χ1) is 11.8. The quantitative estimate of drug-likeness (QED) is 0.668. The lowest BCUT2D eigenvalue weighted by Crippen LogP contribution is -2.09. The summed E-state index contributed by atoms with van der Waals surface area (Å²) in [5.74, 6) is 1.44. The number of esters is 1. The minimum Gasteiger partial charge on any atom is -0.452 e. The van der Waals surface area contributed by atoms with E-state index in [9.17, 15) is 4.79 Å². The van der Waals surface area contributed by atoms with Gasteiger partial charge in [0.15, 0.2) is 6.61 Å². The molecule has 3 aromatic rings. The molecule has 0 fully saturated rings. The minimum atomic E-state index is -0.478. The molecular weight excluding hydrogens is 322 g/mol. The Morgan fingerprint density at radius 2 is 2.00 bits per heavy atom. The lowest BCUT2D eigenvalue weighted by atomic mass is 9.94. The molecule has 0 aliphatic rings. The van der Waals surface area contributed by atoms with Crippen molar-refractivity contribution >= 4 is 5.97 Å². The smallest absolute Gasteiger partial charge is 0.338 e. The maximum Gasteiger partial charge on any atom is 0.338 e. The van der Waals surface area contributed by atoms with E-state index in [-0.39, 0.29) is 12.0 Å². The SMILES string of the molecule is Cc1nnc(-c2cccc(C(=O)OCc3ncc(C(C)(C)C)o3)c2)o1. The lowest BCUT2D eigenvalue weighted by molar-refractivity contribution is 0.0435. The Morgan fingerprint density at radius 3 is 2.64 bits per heavy atom. The van der Waals surface area contributed by atoms with Crippen molar-refractivity contribution in [3.05, 3.63) is 53.6 Å². The molecule has 7 heteroatoms. The standard InChI is InChI=1S/C18H19N3O4/c1-11-20-21-16(24-11)12-6-5-7-13(8-12)17(22)23-10-15-19-9-14(25-15)18(2,3)4/h5-9H,10H2,1-4H3. The Morgan fingerprint density at radius 1 is 1.20 bits per heavy atom. The molecule has 0 radical (unpaired) electrons. The number of hydrogen-bond donors (Lipinski definition) is 0. The van der Waals surface area contributed by atoms with E-state index >= 15 is 0 Å². The van der Waals surface area contributed by atoms with Crippen LogP contribution in [0.5, 0.6) is 0 Å². The van der Waals surface area contributed by atoms with Gasteiger partial charge in [0, 0.05) is 17.9 Å². The van der Waals surface area contributed by atoms with Gasteiger partial charge in [0.2, 0.25) is 17.7 Å². The van der Waals surface area contributed by atoms with Crippen LogP contribution >= 0.6 is 0 Å². The highest BCUT2D eigenvalue weighted by Gasteiger charge is 2.20. The molecule has 0 aliphatic carbocycles. The summed E-state index contributed by atoms with van der Waals surface area (Å²) in [6.45, 7) is 7.74. The first-order valence-corrected chi connectivity index (χ1v) is 7.86. The van der Waals surface area contributed by atoms with Crippen LogP contribution < -0.4 is 0 Å². The number of aromatic nitrogens is 3. The molecule has 0 N–H and O–H groups in total. The third kappa shape index (κ3) is 3.93. The van der Waals surface area contributed by atoms with Gasteiger partial charge in [0.25, 0.3) is 0 Å². The van der Waals surface area contributed by atoms with Gasteiger partial charge < -0.3 is 13.6 Å². The van der Waals surface area contributed by atoms with Crippen molar-refractivity contribution in [2.24, 2.45) is 0 Å². The average molecular weight is 341 g/mol. The first-order valence-electron chi connectivity index (χ1n) is 7.86. The monoisotopic (exact) mass is 341 g/mol. The van der Waals surface area contributed by atoms with E-state index in [1.165, 1.54) is 0 Å². The third-order valence-electron chi connectivity index (χ3n) is 3.49. The summed E-state index contributed by atoms with van der Waals surface area (Å²) >= 11 is 0. The summed E-state index contributed by atoms with van der Waals surface area (Å²) in [6, 6.07) is 6.82. The van der Waals surface area contributed by atoms with Crippen molar-refractivity contribution in [3.63, 3.8) is 0 Å². The van der Waals surface area contributed by atoms with Crippen LogP contribution in [0.4, 0.5) is 0 Å². The summed E-state index contributed by atoms with van der Waals surface area (Å²) < 4.78 is 16.3. The van der Waals surface area contributed by atoms with Crippen LogP contribution in [0, 0.1) is 6.92 Å². The molecule has 2 heterocycles. The fraction of sp³-hybridized carbons (Fsp3) is 0.333. The van der Waals surface area contributed by atoms with Gasteiger partial charge in [-0.1, -0.05) is 26.8 Å². The topological polar surface area (TPSA) is 91.2 Å². The molecule has 0 amide bonds. The van der Waals surface area contributed by atoms with E-state index < -0.39 is 5.97 Å². The summed E-state index contributed by atoms with van der Waals surface area (Å²) in [6.07, 6.45) is 1.65. The Labute approximate surface area is 145 Å². The number of oxazole rings is 1. The highest BCUT2D eigenvalue weighted by molar-refractivity contribution is 5.90. The highest BCUT2D eigenvalue weighted by Crippen LogP contribution is 2.23. The molecule has 1 aromatic carbocycles. The highest BCUT2D eigenvalue weighted by atomic mass is 16.5. The van der Waals surface area contributed by atoms with Crippen molar-refractivity contribution in [2.75, 3.05) is 0 Å². The number of rotatable bonds is 4. The van der Waals surface area contributed by atoms with Crippen LogP contribution in [0.25, 0.3) is 11.5 Å². The van der Waals surface area contributed by atoms with Crippen LogP contribution in [0.2, 0.25) is 0 Å². The van der Waals surface area contributed by atoms with Crippen LogP contribution in [-0.2, 0) is 16.8 Å². The van der Waals surface area contributed by atoms with Gasteiger partial charge >= 0.3 is 5.97 Å². The molecule has 130 valence electrons. The Kier molecular flexibility index (Phi) is 4.39. The predicted molar refractivity (Wildman–Crippen MR) is 88.8 cm³/mol. The Bertz CT molecular complexity index is 890. The van der Waals surface area contributed by atoms with E-state index in [4.69, 9.17) is 13.6 Å². The van der Waals surface area contributed by atoms with Gasteiger partial charge in [-0.15, -0.1) is 10.2 Å². The second-order valence-corrected chi connectivity index (χ2v) is 6.65. The number of ether oxygens (including phenoxy) is 1. The summed E-state index contributed by atoms with van der Waals surface area (Å²) in [4.78, 5) is 16.4. The molecule has 0 atom stereocenters. The minimum absolute atomic E-state index is 0.0290. The zero-order valence-corrected chi connectivity index (χ0v) is 14.6. The van der Waals surface area contributed by atoms with Crippen molar-refractivity contribution in [3.8, 4) is 11.5 Å². The van der Waals surface area contributed by atoms with E-state index in [1.807, 2.05) is 20.8 Å². The molecule has 3 rings (SSSR count). The zero-order valence-electron chi connectivity index (χ0n) is 14.6. The van der Waals surface area contributed by atoms with Gasteiger partial charge in [-0.3, -0.25) is 0 Å². The van der Waals surface area contributed by atoms with Crippen molar-refractivity contribution in [1.29, 1.82) is 0 Å². The number of hydrogen-bond acceptors (Lipinski definition) is 7. The maximum absolute atomic E-state index is 12.3. The fourth-order valence-corrected chi connectivity index (χ4v) is 2.13. The fourth-order valence-electron chi connectivity index (χ4n) is 2.13. The molecular formula is C18H19N3O4. The Hall–Kier alpha value is -2.96. The summed E-state index contributed by atoms with van der Waals surface area (Å²) in [7, 11) is 0. The maximum atomic E-state index is 12.3. The summed E-state index contributed by atoms with van der Waals surface area (Å²) in [5.41, 5.74) is 0.892. The largest absolute Gasteiger partial charge is 0.452 e. The summed E-state index contributed by atoms with van der Waals surface area (Å²) in [5, 5.41) is 7.72. The van der Waals surface area contributed by atoms with Gasteiger partial charge in [0.05, 0.1) is 11.8 Å². The van der Waals surface area contributed by atoms with Crippen LogP contribution in [-0.4, -0.2) is 21.2 Å².